The Balaban J connectivity index is 1.14. The number of hydrogen-bond acceptors (Lipinski definition) is 8. The van der Waals surface area contributed by atoms with Crippen molar-refractivity contribution in [3.05, 3.63) is 107 Å². The predicted molar refractivity (Wildman–Crippen MR) is 180 cm³/mol. The summed E-state index contributed by atoms with van der Waals surface area (Å²) in [5, 5.41) is 12.2. The van der Waals surface area contributed by atoms with Crippen LogP contribution < -0.4 is 41.9 Å². The number of nitrogen functional groups attached to an aromatic ring is 2. The number of anilines is 8. The van der Waals surface area contributed by atoms with Gasteiger partial charge in [0.2, 0.25) is 11.6 Å². The van der Waals surface area contributed by atoms with Crippen molar-refractivity contribution < 1.29 is 18.7 Å². The molecule has 5 aromatic rings. The summed E-state index contributed by atoms with van der Waals surface area (Å²) in [5.74, 6) is 1.58. The summed E-state index contributed by atoms with van der Waals surface area (Å²) in [7, 11) is 0. The summed E-state index contributed by atoms with van der Waals surface area (Å²) in [4.78, 5) is 34.5. The first kappa shape index (κ1) is 31.4. The number of nitrogens with zero attached hydrogens (tertiary/aromatic N) is 4. The molecule has 0 saturated carbocycles. The third kappa shape index (κ3) is 7.36. The number of aromatic nitrogens is 4. The minimum Gasteiger partial charge on any atom is -0.326 e. The number of amides is 2. The van der Waals surface area contributed by atoms with Crippen molar-refractivity contribution in [3.63, 3.8) is 0 Å². The standard InChI is InChI=1S/C34H36N10O2/c1-5-43-21(3)19-29(41-33(43)35)37-25-11-15-27(16-12-25)39-31(45)23-7-9-24(10-8-23)32(46)40-28-17-13-26(14-18-28)38-30-20-22(4)44(6-2)34(36)42-30/h7-20H,5-6H2,1-4H3,(H6,35,36,37,38,39,40,41,42,45,46)/p+2. The fourth-order valence-corrected chi connectivity index (χ4v) is 5.04. The molecule has 0 bridgehead atoms. The Morgan fingerprint density at radius 2 is 0.913 bits per heavy atom. The van der Waals surface area contributed by atoms with Crippen LogP contribution in [-0.4, -0.2) is 21.8 Å². The molecule has 3 aromatic carbocycles. The zero-order chi connectivity index (χ0) is 32.8. The second-order valence-electron chi connectivity index (χ2n) is 10.7. The molecule has 2 amide bonds. The van der Waals surface area contributed by atoms with Crippen LogP contribution in [0.1, 0.15) is 46.0 Å². The third-order valence-corrected chi connectivity index (χ3v) is 7.44. The molecule has 0 unspecified atom stereocenters. The van der Waals surface area contributed by atoms with E-state index in [4.69, 9.17) is 11.5 Å². The van der Waals surface area contributed by atoms with Gasteiger partial charge in [0.25, 0.3) is 11.8 Å². The van der Waals surface area contributed by atoms with Gasteiger partial charge in [-0.25, -0.2) is 9.13 Å². The summed E-state index contributed by atoms with van der Waals surface area (Å²) in [5.41, 5.74) is 17.8. The molecular weight excluding hydrogens is 580 g/mol. The van der Waals surface area contributed by atoms with Crippen molar-refractivity contribution >= 4 is 58.1 Å². The van der Waals surface area contributed by atoms with Crippen LogP contribution in [0.15, 0.2) is 84.9 Å². The lowest BCUT2D eigenvalue weighted by Gasteiger charge is -2.10. The van der Waals surface area contributed by atoms with Crippen LogP contribution >= 0.6 is 0 Å². The van der Waals surface area contributed by atoms with Gasteiger partial charge in [0.15, 0.2) is 0 Å². The zero-order valence-electron chi connectivity index (χ0n) is 26.3. The van der Waals surface area contributed by atoms with Crippen molar-refractivity contribution in [2.24, 2.45) is 0 Å². The molecule has 46 heavy (non-hydrogen) atoms. The normalized spacial score (nSPS) is 10.7. The second kappa shape index (κ2) is 13.7. The van der Waals surface area contributed by atoms with Gasteiger partial charge < -0.3 is 21.3 Å². The maximum atomic E-state index is 12.9. The van der Waals surface area contributed by atoms with Gasteiger partial charge in [0.1, 0.15) is 0 Å². The minimum atomic E-state index is -0.289. The Morgan fingerprint density at radius 3 is 1.22 bits per heavy atom. The summed E-state index contributed by atoms with van der Waals surface area (Å²) < 4.78 is 3.84. The van der Waals surface area contributed by atoms with Gasteiger partial charge in [0.05, 0.1) is 24.5 Å². The molecule has 12 nitrogen and oxygen atoms in total. The van der Waals surface area contributed by atoms with E-state index in [1.165, 1.54) is 0 Å². The van der Waals surface area contributed by atoms with Crippen molar-refractivity contribution in [2.75, 3.05) is 32.7 Å². The van der Waals surface area contributed by atoms with Crippen molar-refractivity contribution in [1.29, 1.82) is 0 Å². The molecule has 0 aliphatic heterocycles. The van der Waals surface area contributed by atoms with E-state index in [0.29, 0.717) is 46.0 Å². The van der Waals surface area contributed by atoms with Crippen LogP contribution in [-0.2, 0) is 13.1 Å². The van der Waals surface area contributed by atoms with Crippen LogP contribution in [0.4, 0.5) is 46.3 Å². The summed E-state index contributed by atoms with van der Waals surface area (Å²) in [6, 6.07) is 24.9. The zero-order valence-corrected chi connectivity index (χ0v) is 26.3. The molecule has 0 aliphatic carbocycles. The molecule has 0 aliphatic rings. The molecular formula is C34H38N10O2+2. The molecule has 0 radical (unpaired) electrons. The largest absolute Gasteiger partial charge is 0.391 e. The lowest BCUT2D eigenvalue weighted by molar-refractivity contribution is -0.687. The van der Waals surface area contributed by atoms with E-state index in [9.17, 15) is 9.59 Å². The molecule has 0 saturated heterocycles. The quantitative estimate of drug-likeness (QED) is 0.121. The third-order valence-electron chi connectivity index (χ3n) is 7.44. The van der Waals surface area contributed by atoms with Gasteiger partial charge in [-0.2, -0.15) is 0 Å². The fourth-order valence-electron chi connectivity index (χ4n) is 5.04. The number of benzene rings is 3. The first-order valence-electron chi connectivity index (χ1n) is 14.9. The average molecular weight is 619 g/mol. The van der Waals surface area contributed by atoms with E-state index in [-0.39, 0.29) is 11.8 Å². The number of carbonyl (C=O) groups excluding carboxylic acids is 2. The topological polar surface area (TPSA) is 168 Å². The highest BCUT2D eigenvalue weighted by Crippen LogP contribution is 2.21. The Kier molecular flexibility index (Phi) is 9.36. The van der Waals surface area contributed by atoms with E-state index in [1.54, 1.807) is 48.5 Å². The second-order valence-corrected chi connectivity index (χ2v) is 10.7. The molecule has 2 aromatic heterocycles. The predicted octanol–water partition coefficient (Wildman–Crippen LogP) is 4.86. The van der Waals surface area contributed by atoms with E-state index >= 15 is 0 Å². The minimum absolute atomic E-state index is 0.289. The lowest BCUT2D eigenvalue weighted by Crippen LogP contribution is -2.40. The smallest absolute Gasteiger partial charge is 0.326 e. The van der Waals surface area contributed by atoms with Crippen LogP contribution in [0.25, 0.3) is 0 Å². The monoisotopic (exact) mass is 618 g/mol. The van der Waals surface area contributed by atoms with Gasteiger partial charge in [-0.15, -0.1) is 0 Å². The number of hydrogen-bond donors (Lipinski definition) is 6. The van der Waals surface area contributed by atoms with E-state index in [0.717, 1.165) is 35.9 Å². The summed E-state index contributed by atoms with van der Waals surface area (Å²) >= 11 is 0. The van der Waals surface area contributed by atoms with Crippen molar-refractivity contribution in [3.8, 4) is 0 Å². The van der Waals surface area contributed by atoms with E-state index in [1.807, 2.05) is 73.2 Å². The Bertz CT molecular complexity index is 1690. The first-order valence-corrected chi connectivity index (χ1v) is 14.9. The average Bonchev–Trinajstić information content (AvgIpc) is 3.03. The van der Waals surface area contributed by atoms with Crippen molar-refractivity contribution in [2.45, 2.75) is 40.8 Å². The first-order chi connectivity index (χ1) is 22.1. The number of nitrogens with one attached hydrogen (secondary N) is 4. The van der Waals surface area contributed by atoms with E-state index in [2.05, 4.69) is 31.2 Å². The van der Waals surface area contributed by atoms with Gasteiger partial charge in [0, 0.05) is 46.0 Å². The molecule has 0 fully saturated rings. The lowest BCUT2D eigenvalue weighted by atomic mass is 10.1. The van der Waals surface area contributed by atoms with Crippen molar-refractivity contribution in [1.82, 2.24) is 9.97 Å². The Hall–Kier alpha value is -6.04. The fraction of sp³-hybridized carbons (Fsp3) is 0.176. The highest BCUT2D eigenvalue weighted by Gasteiger charge is 2.14. The molecule has 5 rings (SSSR count). The number of aryl methyl sites for hydroxylation is 2. The number of carbonyl (C=O) groups is 2. The molecule has 12 heteroatoms. The van der Waals surface area contributed by atoms with Crippen LogP contribution in [0.2, 0.25) is 0 Å². The molecule has 8 N–H and O–H groups in total. The number of rotatable bonds is 10. The highest BCUT2D eigenvalue weighted by molar-refractivity contribution is 6.07. The van der Waals surface area contributed by atoms with Gasteiger partial charge in [-0.1, -0.05) is 9.97 Å². The number of nitrogens with two attached hydrogens (primary N) is 2. The van der Waals surface area contributed by atoms with Crippen LogP contribution in [0.3, 0.4) is 0 Å². The molecule has 234 valence electrons. The maximum Gasteiger partial charge on any atom is 0.391 e. The molecule has 0 spiro atoms. The highest BCUT2D eigenvalue weighted by atomic mass is 16.2. The Morgan fingerprint density at radius 1 is 0.587 bits per heavy atom. The van der Waals surface area contributed by atoms with Gasteiger partial charge in [-0.05, 0) is 100 Å². The Labute approximate surface area is 267 Å². The van der Waals surface area contributed by atoms with Gasteiger partial charge >= 0.3 is 11.9 Å². The molecule has 2 heterocycles. The van der Waals surface area contributed by atoms with E-state index < -0.39 is 0 Å². The maximum absolute atomic E-state index is 12.9. The SMILES string of the molecule is CC[n+]1c(C)cc(Nc2ccc(NC(=O)c3ccc(C(=O)Nc4ccc(Nc5cc(C)[n+](CC)c(N)n5)cc4)cc3)cc2)nc1N. The van der Waals surface area contributed by atoms with Gasteiger partial charge in [-0.3, -0.25) is 21.1 Å². The van der Waals surface area contributed by atoms with Crippen LogP contribution in [0.5, 0.6) is 0 Å². The summed E-state index contributed by atoms with van der Waals surface area (Å²) in [6.45, 7) is 9.47. The summed E-state index contributed by atoms with van der Waals surface area (Å²) in [6.07, 6.45) is 0. The molecule has 0 atom stereocenters. The van der Waals surface area contributed by atoms with Crippen LogP contribution in [0, 0.1) is 13.8 Å².